The summed E-state index contributed by atoms with van der Waals surface area (Å²) in [5, 5.41) is 1.03. The molecule has 2 amide bonds. The Morgan fingerprint density at radius 1 is 1.26 bits per heavy atom. The number of urea groups is 1. The smallest absolute Gasteiger partial charge is 0.324 e. The van der Waals surface area contributed by atoms with Gasteiger partial charge >= 0.3 is 6.03 Å². The van der Waals surface area contributed by atoms with E-state index < -0.39 is 16.1 Å². The highest BCUT2D eigenvalue weighted by Crippen LogP contribution is 2.21. The summed E-state index contributed by atoms with van der Waals surface area (Å²) in [6, 6.07) is 8.57. The van der Waals surface area contributed by atoms with Gasteiger partial charge in [0, 0.05) is 13.1 Å². The van der Waals surface area contributed by atoms with Crippen molar-refractivity contribution in [3.8, 4) is 0 Å². The predicted molar refractivity (Wildman–Crippen MR) is 92.1 cm³/mol. The molecule has 5 nitrogen and oxygen atoms in total. The monoisotopic (exact) mass is 336 g/mol. The molecule has 2 rings (SSSR count). The number of carbonyl (C=O) groups is 1. The van der Waals surface area contributed by atoms with Crippen LogP contribution in [0, 0.1) is 5.92 Å². The number of likely N-dealkylation sites (tertiary alicyclic amines) is 1. The van der Waals surface area contributed by atoms with Crippen LogP contribution in [0.3, 0.4) is 0 Å². The molecule has 1 saturated heterocycles. The first-order valence-electron chi connectivity index (χ1n) is 8.05. The maximum atomic E-state index is 12.1. The number of benzene rings is 1. The molecule has 0 spiro atoms. The second-order valence-electron chi connectivity index (χ2n) is 5.88. The number of nitrogens with one attached hydrogen (secondary N) is 1. The summed E-state index contributed by atoms with van der Waals surface area (Å²) in [4.78, 5) is 13.7. The van der Waals surface area contributed by atoms with Gasteiger partial charge in [0.15, 0.2) is 0 Å². The first kappa shape index (κ1) is 17.5. The molecule has 0 aliphatic carbocycles. The molecule has 0 unspecified atom stereocenters. The molecule has 1 N–H and O–H groups in total. The molecule has 0 saturated carbocycles. The van der Waals surface area contributed by atoms with Crippen molar-refractivity contribution in [1.29, 1.82) is 0 Å². The van der Waals surface area contributed by atoms with E-state index in [1.165, 1.54) is 12.5 Å². The SMILES string of the molecule is CCCC1CCN(C(=O)NS(=O)(=O)/C=C/c2ccccc2)CC1. The molecule has 0 bridgehead atoms. The summed E-state index contributed by atoms with van der Waals surface area (Å²) in [6.45, 7) is 3.40. The van der Waals surface area contributed by atoms with E-state index in [-0.39, 0.29) is 0 Å². The highest BCUT2D eigenvalue weighted by molar-refractivity contribution is 7.93. The normalized spacial score (nSPS) is 16.7. The van der Waals surface area contributed by atoms with Gasteiger partial charge < -0.3 is 4.90 Å². The number of amides is 2. The molecule has 6 heteroatoms. The zero-order valence-corrected chi connectivity index (χ0v) is 14.3. The van der Waals surface area contributed by atoms with Crippen LogP contribution in [-0.2, 0) is 10.0 Å². The average Bonchev–Trinajstić information content (AvgIpc) is 2.55. The fourth-order valence-electron chi connectivity index (χ4n) is 2.79. The maximum absolute atomic E-state index is 12.1. The predicted octanol–water partition coefficient (Wildman–Crippen LogP) is 3.21. The van der Waals surface area contributed by atoms with E-state index in [0.29, 0.717) is 19.0 Å². The van der Waals surface area contributed by atoms with Gasteiger partial charge in [0.2, 0.25) is 0 Å². The minimum Gasteiger partial charge on any atom is -0.324 e. The molecule has 0 atom stereocenters. The zero-order chi connectivity index (χ0) is 16.7. The largest absolute Gasteiger partial charge is 0.331 e. The second-order valence-corrected chi connectivity index (χ2v) is 7.45. The summed E-state index contributed by atoms with van der Waals surface area (Å²) in [5.74, 6) is 0.652. The van der Waals surface area contributed by atoms with Gasteiger partial charge in [-0.05, 0) is 30.4 Å². The lowest BCUT2D eigenvalue weighted by Crippen LogP contribution is -2.45. The number of hydrogen-bond donors (Lipinski definition) is 1. The van der Waals surface area contributed by atoms with Crippen molar-refractivity contribution >= 4 is 22.1 Å². The third-order valence-corrected chi connectivity index (χ3v) is 5.02. The molecule has 0 aromatic heterocycles. The van der Waals surface area contributed by atoms with Gasteiger partial charge in [-0.1, -0.05) is 50.1 Å². The van der Waals surface area contributed by atoms with Gasteiger partial charge in [-0.3, -0.25) is 0 Å². The molecule has 1 aromatic rings. The summed E-state index contributed by atoms with van der Waals surface area (Å²) in [7, 11) is -3.77. The van der Waals surface area contributed by atoms with E-state index in [0.717, 1.165) is 30.2 Å². The van der Waals surface area contributed by atoms with Gasteiger partial charge in [-0.15, -0.1) is 0 Å². The Hall–Kier alpha value is -1.82. The first-order chi connectivity index (χ1) is 11.0. The van der Waals surface area contributed by atoms with E-state index in [1.807, 2.05) is 18.2 Å². The van der Waals surface area contributed by atoms with Crippen LogP contribution in [-0.4, -0.2) is 32.4 Å². The fourth-order valence-corrected chi connectivity index (χ4v) is 3.56. The molecule has 1 heterocycles. The molecule has 126 valence electrons. The van der Waals surface area contributed by atoms with Crippen LogP contribution in [0.15, 0.2) is 35.7 Å². The summed E-state index contributed by atoms with van der Waals surface area (Å²) >= 11 is 0. The minimum atomic E-state index is -3.77. The van der Waals surface area contributed by atoms with Gasteiger partial charge in [-0.2, -0.15) is 0 Å². The summed E-state index contributed by atoms with van der Waals surface area (Å²) in [6.07, 6.45) is 5.69. The number of piperidine rings is 1. The quantitative estimate of drug-likeness (QED) is 0.898. The molecule has 0 radical (unpaired) electrons. The van der Waals surface area contributed by atoms with Crippen LogP contribution < -0.4 is 4.72 Å². The summed E-state index contributed by atoms with van der Waals surface area (Å²) in [5.41, 5.74) is 0.769. The Morgan fingerprint density at radius 3 is 2.52 bits per heavy atom. The van der Waals surface area contributed by atoms with Crippen molar-refractivity contribution < 1.29 is 13.2 Å². The third-order valence-electron chi connectivity index (χ3n) is 4.07. The highest BCUT2D eigenvalue weighted by Gasteiger charge is 2.24. The van der Waals surface area contributed by atoms with Crippen molar-refractivity contribution in [2.24, 2.45) is 5.92 Å². The Balaban J connectivity index is 1.88. The summed E-state index contributed by atoms with van der Waals surface area (Å²) < 4.78 is 26.1. The van der Waals surface area contributed by atoms with E-state index in [2.05, 4.69) is 11.6 Å². The molecule has 23 heavy (non-hydrogen) atoms. The lowest BCUT2D eigenvalue weighted by atomic mass is 9.93. The Morgan fingerprint density at radius 2 is 1.91 bits per heavy atom. The Bertz CT molecular complexity index is 633. The zero-order valence-electron chi connectivity index (χ0n) is 13.4. The van der Waals surface area contributed by atoms with Crippen molar-refractivity contribution in [1.82, 2.24) is 9.62 Å². The lowest BCUT2D eigenvalue weighted by molar-refractivity contribution is 0.173. The average molecular weight is 336 g/mol. The van der Waals surface area contributed by atoms with Gasteiger partial charge in [0.1, 0.15) is 0 Å². The van der Waals surface area contributed by atoms with E-state index in [1.54, 1.807) is 17.0 Å². The van der Waals surface area contributed by atoms with Crippen LogP contribution in [0.5, 0.6) is 0 Å². The fraction of sp³-hybridized carbons (Fsp3) is 0.471. The number of nitrogens with zero attached hydrogens (tertiary/aromatic N) is 1. The van der Waals surface area contributed by atoms with Crippen LogP contribution in [0.4, 0.5) is 4.79 Å². The van der Waals surface area contributed by atoms with Crippen molar-refractivity contribution in [3.05, 3.63) is 41.3 Å². The second kappa shape index (κ2) is 8.15. The van der Waals surface area contributed by atoms with Crippen LogP contribution in [0.1, 0.15) is 38.2 Å². The van der Waals surface area contributed by atoms with Crippen LogP contribution >= 0.6 is 0 Å². The van der Waals surface area contributed by atoms with Gasteiger partial charge in [0.25, 0.3) is 10.0 Å². The third kappa shape index (κ3) is 5.71. The first-order valence-corrected chi connectivity index (χ1v) is 9.59. The van der Waals surface area contributed by atoms with Crippen LogP contribution in [0.2, 0.25) is 0 Å². The Kier molecular flexibility index (Phi) is 6.21. The van der Waals surface area contributed by atoms with Crippen molar-refractivity contribution in [2.45, 2.75) is 32.6 Å². The number of rotatable bonds is 5. The van der Waals surface area contributed by atoms with E-state index in [9.17, 15) is 13.2 Å². The van der Waals surface area contributed by atoms with E-state index in [4.69, 9.17) is 0 Å². The number of hydrogen-bond acceptors (Lipinski definition) is 3. The number of sulfonamides is 1. The van der Waals surface area contributed by atoms with E-state index >= 15 is 0 Å². The highest BCUT2D eigenvalue weighted by atomic mass is 32.2. The van der Waals surface area contributed by atoms with Gasteiger partial charge in [-0.25, -0.2) is 17.9 Å². The topological polar surface area (TPSA) is 66.5 Å². The molecular weight excluding hydrogens is 312 g/mol. The maximum Gasteiger partial charge on any atom is 0.331 e. The molecule has 1 fully saturated rings. The molecule has 1 aliphatic heterocycles. The van der Waals surface area contributed by atoms with Crippen molar-refractivity contribution in [2.75, 3.05) is 13.1 Å². The van der Waals surface area contributed by atoms with Crippen LogP contribution in [0.25, 0.3) is 6.08 Å². The molecule has 1 aliphatic rings. The van der Waals surface area contributed by atoms with Gasteiger partial charge in [0.05, 0.1) is 5.41 Å². The lowest BCUT2D eigenvalue weighted by Gasteiger charge is -2.31. The minimum absolute atomic E-state index is 0.530. The van der Waals surface area contributed by atoms with Crippen molar-refractivity contribution in [3.63, 3.8) is 0 Å². The number of carbonyl (C=O) groups excluding carboxylic acids is 1. The molecule has 1 aromatic carbocycles. The Labute approximate surface area is 138 Å². The standard InChI is InChI=1S/C17H24N2O3S/c1-2-6-15-9-12-19(13-10-15)17(20)18-23(21,22)14-11-16-7-4-3-5-8-16/h3-5,7-8,11,14-15H,2,6,9-10,12-13H2,1H3,(H,18,20)/b14-11+. The molecular formula is C17H24N2O3S.